The molecule has 19 heavy (non-hydrogen) atoms. The first-order chi connectivity index (χ1) is 8.81. The van der Waals surface area contributed by atoms with Crippen molar-refractivity contribution in [3.8, 4) is 0 Å². The molecule has 1 aromatic carbocycles. The van der Waals surface area contributed by atoms with Crippen LogP contribution in [0.2, 0.25) is 0 Å². The van der Waals surface area contributed by atoms with Crippen LogP contribution >= 0.6 is 23.7 Å². The Morgan fingerprint density at radius 3 is 2.53 bits per heavy atom. The number of halogens is 1. The van der Waals surface area contributed by atoms with Crippen molar-refractivity contribution in [2.24, 2.45) is 0 Å². The van der Waals surface area contributed by atoms with Crippen LogP contribution in [0.15, 0.2) is 29.6 Å². The van der Waals surface area contributed by atoms with E-state index < -0.39 is 0 Å². The first-order valence-electron chi connectivity index (χ1n) is 6.60. The molecule has 0 spiro atoms. The van der Waals surface area contributed by atoms with Crippen LogP contribution in [0.4, 0.5) is 5.69 Å². The van der Waals surface area contributed by atoms with Gasteiger partial charge in [0.15, 0.2) is 0 Å². The van der Waals surface area contributed by atoms with Crippen LogP contribution < -0.4 is 5.73 Å². The number of aromatic nitrogens is 1. The van der Waals surface area contributed by atoms with Crippen LogP contribution in [-0.4, -0.2) is 4.98 Å². The zero-order chi connectivity index (χ0) is 12.4. The van der Waals surface area contributed by atoms with E-state index in [1.165, 1.54) is 41.9 Å². The maximum atomic E-state index is 5.69. The minimum absolute atomic E-state index is 0. The van der Waals surface area contributed by atoms with Gasteiger partial charge < -0.3 is 5.73 Å². The van der Waals surface area contributed by atoms with Crippen molar-refractivity contribution in [2.75, 3.05) is 5.73 Å². The van der Waals surface area contributed by atoms with Crippen molar-refractivity contribution in [3.63, 3.8) is 0 Å². The summed E-state index contributed by atoms with van der Waals surface area (Å²) in [5.74, 6) is 0.724. The Morgan fingerprint density at radius 1 is 1.16 bits per heavy atom. The molecule has 3 rings (SSSR count). The average molecular weight is 295 g/mol. The highest BCUT2D eigenvalue weighted by atomic mass is 35.5. The Bertz CT molecular complexity index is 515. The summed E-state index contributed by atoms with van der Waals surface area (Å²) in [6.07, 6.45) is 6.32. The predicted molar refractivity (Wildman–Crippen MR) is 84.2 cm³/mol. The van der Waals surface area contributed by atoms with Gasteiger partial charge in [-0.3, -0.25) is 0 Å². The van der Waals surface area contributed by atoms with Gasteiger partial charge in [-0.25, -0.2) is 4.98 Å². The summed E-state index contributed by atoms with van der Waals surface area (Å²) in [5.41, 5.74) is 9.13. The topological polar surface area (TPSA) is 38.9 Å². The zero-order valence-electron chi connectivity index (χ0n) is 10.8. The standard InChI is InChI=1S/C15H18N2S.ClH/c16-13-7-5-11(6-8-13)9-15-17-14(10-18-15)12-3-1-2-4-12;/h5-8,10,12H,1-4,9,16H2;1H. The third-order valence-corrected chi connectivity index (χ3v) is 4.55. The van der Waals surface area contributed by atoms with E-state index in [1.807, 2.05) is 12.1 Å². The van der Waals surface area contributed by atoms with Crippen LogP contribution in [0.25, 0.3) is 0 Å². The van der Waals surface area contributed by atoms with Gasteiger partial charge in [0.05, 0.1) is 10.7 Å². The Labute approximate surface area is 124 Å². The fraction of sp³-hybridized carbons (Fsp3) is 0.400. The van der Waals surface area contributed by atoms with Crippen molar-refractivity contribution in [1.29, 1.82) is 0 Å². The third kappa shape index (κ3) is 3.48. The lowest BCUT2D eigenvalue weighted by molar-refractivity contribution is 0.700. The zero-order valence-corrected chi connectivity index (χ0v) is 12.5. The highest BCUT2D eigenvalue weighted by Gasteiger charge is 2.19. The third-order valence-electron chi connectivity index (χ3n) is 3.68. The molecular weight excluding hydrogens is 276 g/mol. The number of rotatable bonds is 3. The Balaban J connectivity index is 0.00000133. The second kappa shape index (κ2) is 6.40. The van der Waals surface area contributed by atoms with E-state index in [0.717, 1.165) is 18.0 Å². The van der Waals surface area contributed by atoms with E-state index >= 15 is 0 Å². The van der Waals surface area contributed by atoms with E-state index in [4.69, 9.17) is 10.7 Å². The number of hydrogen-bond donors (Lipinski definition) is 1. The SMILES string of the molecule is Cl.Nc1ccc(Cc2nc(C3CCCC3)cs2)cc1. The molecule has 0 saturated heterocycles. The molecule has 2 aromatic rings. The summed E-state index contributed by atoms with van der Waals surface area (Å²) >= 11 is 1.79. The summed E-state index contributed by atoms with van der Waals surface area (Å²) in [5, 5.41) is 3.48. The van der Waals surface area contributed by atoms with E-state index in [9.17, 15) is 0 Å². The highest BCUT2D eigenvalue weighted by Crippen LogP contribution is 2.34. The summed E-state index contributed by atoms with van der Waals surface area (Å²) in [6, 6.07) is 8.10. The van der Waals surface area contributed by atoms with E-state index in [0.29, 0.717) is 0 Å². The van der Waals surface area contributed by atoms with Gasteiger partial charge in [0.1, 0.15) is 0 Å². The first-order valence-corrected chi connectivity index (χ1v) is 7.48. The molecule has 0 radical (unpaired) electrons. The van der Waals surface area contributed by atoms with Gasteiger partial charge in [0, 0.05) is 23.4 Å². The Kier molecular flexibility index (Phi) is 4.83. The van der Waals surface area contributed by atoms with Gasteiger partial charge in [0.2, 0.25) is 0 Å². The molecule has 0 bridgehead atoms. The lowest BCUT2D eigenvalue weighted by Crippen LogP contribution is -1.94. The average Bonchev–Trinajstić information content (AvgIpc) is 3.02. The second-order valence-corrected chi connectivity index (χ2v) is 6.01. The molecule has 2 nitrogen and oxygen atoms in total. The molecule has 0 unspecified atom stereocenters. The molecule has 1 aromatic heterocycles. The molecule has 0 amide bonds. The Morgan fingerprint density at radius 2 is 1.84 bits per heavy atom. The lowest BCUT2D eigenvalue weighted by Gasteiger charge is -2.03. The van der Waals surface area contributed by atoms with Gasteiger partial charge in [-0.05, 0) is 30.5 Å². The van der Waals surface area contributed by atoms with Gasteiger partial charge in [-0.2, -0.15) is 0 Å². The molecule has 0 aliphatic heterocycles. The van der Waals surface area contributed by atoms with Crippen LogP contribution in [0, 0.1) is 0 Å². The molecule has 1 heterocycles. The molecule has 0 atom stereocenters. The molecule has 2 N–H and O–H groups in total. The van der Waals surface area contributed by atoms with Crippen molar-refractivity contribution in [2.45, 2.75) is 38.0 Å². The summed E-state index contributed by atoms with van der Waals surface area (Å²) in [7, 11) is 0. The van der Waals surface area contributed by atoms with E-state index in [-0.39, 0.29) is 12.4 Å². The fourth-order valence-electron chi connectivity index (χ4n) is 2.63. The summed E-state index contributed by atoms with van der Waals surface area (Å²) in [6.45, 7) is 0. The molecule has 1 aliphatic carbocycles. The minimum atomic E-state index is 0. The Hall–Kier alpha value is -1.06. The highest BCUT2D eigenvalue weighted by molar-refractivity contribution is 7.09. The summed E-state index contributed by atoms with van der Waals surface area (Å²) in [4.78, 5) is 4.80. The lowest BCUT2D eigenvalue weighted by atomic mass is 10.1. The number of thiazole rings is 1. The van der Waals surface area contributed by atoms with Crippen molar-refractivity contribution < 1.29 is 0 Å². The van der Waals surface area contributed by atoms with Gasteiger partial charge in [0.25, 0.3) is 0 Å². The van der Waals surface area contributed by atoms with Crippen molar-refractivity contribution in [3.05, 3.63) is 45.9 Å². The molecule has 102 valence electrons. The number of nitrogens with zero attached hydrogens (tertiary/aromatic N) is 1. The number of benzene rings is 1. The molecule has 1 aliphatic rings. The molecule has 1 saturated carbocycles. The van der Waals surface area contributed by atoms with Crippen LogP contribution in [0.5, 0.6) is 0 Å². The van der Waals surface area contributed by atoms with Crippen molar-refractivity contribution >= 4 is 29.4 Å². The number of anilines is 1. The predicted octanol–water partition coefficient (Wildman–Crippen LogP) is 4.40. The maximum absolute atomic E-state index is 5.69. The maximum Gasteiger partial charge on any atom is 0.0972 e. The largest absolute Gasteiger partial charge is 0.399 e. The number of hydrogen-bond acceptors (Lipinski definition) is 3. The van der Waals surface area contributed by atoms with E-state index in [1.54, 1.807) is 11.3 Å². The van der Waals surface area contributed by atoms with Crippen LogP contribution in [0.3, 0.4) is 0 Å². The quantitative estimate of drug-likeness (QED) is 0.852. The minimum Gasteiger partial charge on any atom is -0.399 e. The number of nitrogen functional groups attached to an aromatic ring is 1. The van der Waals surface area contributed by atoms with Gasteiger partial charge in [-0.1, -0.05) is 25.0 Å². The van der Waals surface area contributed by atoms with Gasteiger partial charge in [-0.15, -0.1) is 23.7 Å². The normalized spacial score (nSPS) is 15.4. The van der Waals surface area contributed by atoms with Crippen LogP contribution in [-0.2, 0) is 6.42 Å². The number of nitrogens with two attached hydrogens (primary N) is 1. The monoisotopic (exact) mass is 294 g/mol. The molecule has 4 heteroatoms. The van der Waals surface area contributed by atoms with Gasteiger partial charge >= 0.3 is 0 Å². The molecule has 1 fully saturated rings. The van der Waals surface area contributed by atoms with Crippen molar-refractivity contribution in [1.82, 2.24) is 4.98 Å². The van der Waals surface area contributed by atoms with Crippen LogP contribution in [0.1, 0.15) is 47.9 Å². The smallest absolute Gasteiger partial charge is 0.0972 e. The first kappa shape index (κ1) is 14.4. The second-order valence-electron chi connectivity index (χ2n) is 5.07. The fourth-order valence-corrected chi connectivity index (χ4v) is 3.54. The van der Waals surface area contributed by atoms with E-state index in [2.05, 4.69) is 17.5 Å². The summed E-state index contributed by atoms with van der Waals surface area (Å²) < 4.78 is 0. The molecular formula is C15H19ClN2S.